The summed E-state index contributed by atoms with van der Waals surface area (Å²) in [5.74, 6) is -2.09. The number of rotatable bonds is 4. The van der Waals surface area contributed by atoms with Gasteiger partial charge in [-0.05, 0) is 0 Å². The molecule has 70 valence electrons. The van der Waals surface area contributed by atoms with Crippen LogP contribution in [0, 0.1) is 11.3 Å². The van der Waals surface area contributed by atoms with E-state index in [4.69, 9.17) is 10.4 Å². The van der Waals surface area contributed by atoms with Gasteiger partial charge in [-0.15, -0.1) is 0 Å². The average molecular weight is 185 g/mol. The first-order chi connectivity index (χ1) is 6.11. The van der Waals surface area contributed by atoms with Crippen LogP contribution < -0.4 is 5.32 Å². The molecule has 0 spiro atoms. The van der Waals surface area contributed by atoms with Gasteiger partial charge in [0.25, 0.3) is 5.91 Å². The molecule has 0 saturated heterocycles. The molecule has 0 bridgehead atoms. The Hall–Kier alpha value is -2.10. The van der Waals surface area contributed by atoms with Gasteiger partial charge < -0.3 is 15.3 Å². The molecule has 0 saturated carbocycles. The number of nitrogens with one attached hydrogen (secondary N) is 1. The second kappa shape index (κ2) is 5.54. The highest BCUT2D eigenvalue weighted by atomic mass is 16.6. The predicted octanol–water partition coefficient (Wildman–Crippen LogP) is -1.29. The number of nitrogens with zero attached hydrogens (tertiary/aromatic N) is 2. The molecular formula is C6H7N3O4. The van der Waals surface area contributed by atoms with Gasteiger partial charge in [0.2, 0.25) is 5.71 Å². The van der Waals surface area contributed by atoms with Gasteiger partial charge in [0, 0.05) is 0 Å². The van der Waals surface area contributed by atoms with Gasteiger partial charge in [-0.1, -0.05) is 5.16 Å². The largest absolute Gasteiger partial charge is 0.480 e. The third-order valence-electron chi connectivity index (χ3n) is 0.904. The van der Waals surface area contributed by atoms with Crippen molar-refractivity contribution in [3.05, 3.63) is 0 Å². The summed E-state index contributed by atoms with van der Waals surface area (Å²) in [7, 11) is 1.17. The highest BCUT2D eigenvalue weighted by Crippen LogP contribution is 1.78. The summed E-state index contributed by atoms with van der Waals surface area (Å²) in [5, 5.41) is 21.5. The summed E-state index contributed by atoms with van der Waals surface area (Å²) in [6.45, 7) is -0.566. The SMILES string of the molecule is CO/N=C(\C#N)C(=O)NCC(=O)O. The van der Waals surface area contributed by atoms with Gasteiger partial charge in [0.1, 0.15) is 19.7 Å². The van der Waals surface area contributed by atoms with Crippen molar-refractivity contribution in [3.8, 4) is 6.07 Å². The van der Waals surface area contributed by atoms with Crippen LogP contribution in [-0.2, 0) is 14.4 Å². The highest BCUT2D eigenvalue weighted by molar-refractivity contribution is 6.45. The Morgan fingerprint density at radius 1 is 1.69 bits per heavy atom. The van der Waals surface area contributed by atoms with Crippen LogP contribution >= 0.6 is 0 Å². The predicted molar refractivity (Wildman–Crippen MR) is 40.7 cm³/mol. The maximum Gasteiger partial charge on any atom is 0.322 e. The van der Waals surface area contributed by atoms with E-state index in [0.29, 0.717) is 0 Å². The lowest BCUT2D eigenvalue weighted by Crippen LogP contribution is -2.34. The van der Waals surface area contributed by atoms with Crippen LogP contribution in [-0.4, -0.2) is 36.3 Å². The summed E-state index contributed by atoms with van der Waals surface area (Å²) >= 11 is 0. The molecule has 0 rings (SSSR count). The lowest BCUT2D eigenvalue weighted by atomic mass is 10.4. The summed E-state index contributed by atoms with van der Waals surface area (Å²) in [4.78, 5) is 25.0. The molecule has 0 atom stereocenters. The highest BCUT2D eigenvalue weighted by Gasteiger charge is 2.11. The Labute approximate surface area is 73.6 Å². The molecule has 0 aromatic carbocycles. The summed E-state index contributed by atoms with van der Waals surface area (Å²) < 4.78 is 0. The second-order valence-corrected chi connectivity index (χ2v) is 1.81. The van der Waals surface area contributed by atoms with Gasteiger partial charge in [0.15, 0.2) is 0 Å². The number of hydrogen-bond donors (Lipinski definition) is 2. The zero-order valence-corrected chi connectivity index (χ0v) is 6.77. The maximum absolute atomic E-state index is 10.9. The molecule has 0 aromatic heterocycles. The first kappa shape index (κ1) is 10.9. The van der Waals surface area contributed by atoms with E-state index >= 15 is 0 Å². The van der Waals surface area contributed by atoms with E-state index < -0.39 is 24.1 Å². The van der Waals surface area contributed by atoms with E-state index in [1.807, 2.05) is 5.32 Å². The molecule has 0 aliphatic rings. The summed E-state index contributed by atoms with van der Waals surface area (Å²) in [6, 6.07) is 1.45. The third-order valence-corrected chi connectivity index (χ3v) is 0.904. The van der Waals surface area contributed by atoms with Gasteiger partial charge in [0.05, 0.1) is 0 Å². The van der Waals surface area contributed by atoms with Crippen LogP contribution in [0.1, 0.15) is 0 Å². The van der Waals surface area contributed by atoms with Crippen molar-refractivity contribution < 1.29 is 19.5 Å². The quantitative estimate of drug-likeness (QED) is 0.418. The van der Waals surface area contributed by atoms with Crippen molar-refractivity contribution in [2.75, 3.05) is 13.7 Å². The summed E-state index contributed by atoms with van der Waals surface area (Å²) in [5.41, 5.74) is -0.524. The molecule has 1 amide bonds. The van der Waals surface area contributed by atoms with Crippen molar-refractivity contribution in [3.63, 3.8) is 0 Å². The van der Waals surface area contributed by atoms with Crippen molar-refractivity contribution in [1.29, 1.82) is 5.26 Å². The first-order valence-corrected chi connectivity index (χ1v) is 3.13. The van der Waals surface area contributed by atoms with E-state index in [1.54, 1.807) is 0 Å². The van der Waals surface area contributed by atoms with Crippen LogP contribution in [0.3, 0.4) is 0 Å². The molecule has 0 aliphatic carbocycles. The third kappa shape index (κ3) is 4.36. The Balaban J connectivity index is 4.18. The second-order valence-electron chi connectivity index (χ2n) is 1.81. The maximum atomic E-state index is 10.9. The smallest absolute Gasteiger partial charge is 0.322 e. The zero-order valence-electron chi connectivity index (χ0n) is 6.77. The lowest BCUT2D eigenvalue weighted by Gasteiger charge is -1.97. The minimum Gasteiger partial charge on any atom is -0.480 e. The number of carbonyl (C=O) groups is 2. The average Bonchev–Trinajstić information content (AvgIpc) is 2.10. The number of hydrogen-bond acceptors (Lipinski definition) is 5. The number of aliphatic carboxylic acids is 1. The Morgan fingerprint density at radius 3 is 2.69 bits per heavy atom. The topological polar surface area (TPSA) is 112 Å². The number of carbonyl (C=O) groups excluding carboxylic acids is 1. The molecular weight excluding hydrogens is 178 g/mol. The van der Waals surface area contributed by atoms with E-state index in [9.17, 15) is 9.59 Å². The molecule has 0 unspecified atom stereocenters. The summed E-state index contributed by atoms with van der Waals surface area (Å²) in [6.07, 6.45) is 0. The molecule has 0 heterocycles. The monoisotopic (exact) mass is 185 g/mol. The molecule has 7 heteroatoms. The molecule has 2 N–H and O–H groups in total. The van der Waals surface area contributed by atoms with Gasteiger partial charge in [-0.25, -0.2) is 0 Å². The molecule has 0 aromatic rings. The van der Waals surface area contributed by atoms with E-state index in [2.05, 4.69) is 9.99 Å². The lowest BCUT2D eigenvalue weighted by molar-refractivity contribution is -0.137. The molecule has 0 fully saturated rings. The van der Waals surface area contributed by atoms with E-state index in [-0.39, 0.29) is 0 Å². The van der Waals surface area contributed by atoms with Gasteiger partial charge in [-0.2, -0.15) is 5.26 Å². The Kier molecular flexibility index (Phi) is 4.64. The fraction of sp³-hybridized carbons (Fsp3) is 0.333. The van der Waals surface area contributed by atoms with Crippen LogP contribution in [0.2, 0.25) is 0 Å². The van der Waals surface area contributed by atoms with Crippen molar-refractivity contribution in [1.82, 2.24) is 5.32 Å². The van der Waals surface area contributed by atoms with Gasteiger partial charge >= 0.3 is 5.97 Å². The number of carboxylic acids is 1. The number of oxime groups is 1. The number of carboxylic acid groups (broad SMARTS) is 1. The number of nitriles is 1. The standard InChI is InChI=1S/C6H7N3O4/c1-13-9-4(2-7)6(12)8-3-5(10)11/h3H2,1H3,(H,8,12)(H,10,11)/b9-4+. The van der Waals surface area contributed by atoms with Crippen LogP contribution in [0.4, 0.5) is 0 Å². The molecule has 0 radical (unpaired) electrons. The normalized spacial score (nSPS) is 10.0. The Bertz CT molecular complexity index is 278. The minimum atomic E-state index is -1.21. The molecule has 13 heavy (non-hydrogen) atoms. The van der Waals surface area contributed by atoms with Crippen LogP contribution in [0.5, 0.6) is 0 Å². The Morgan fingerprint density at radius 2 is 2.31 bits per heavy atom. The minimum absolute atomic E-state index is 0.524. The molecule has 7 nitrogen and oxygen atoms in total. The number of amides is 1. The van der Waals surface area contributed by atoms with E-state index in [1.165, 1.54) is 13.2 Å². The van der Waals surface area contributed by atoms with Crippen LogP contribution in [0.25, 0.3) is 0 Å². The van der Waals surface area contributed by atoms with Gasteiger partial charge in [-0.3, -0.25) is 9.59 Å². The van der Waals surface area contributed by atoms with Crippen molar-refractivity contribution in [2.24, 2.45) is 5.16 Å². The fourth-order valence-corrected chi connectivity index (χ4v) is 0.444. The van der Waals surface area contributed by atoms with E-state index in [0.717, 1.165) is 0 Å². The fourth-order valence-electron chi connectivity index (χ4n) is 0.444. The first-order valence-electron chi connectivity index (χ1n) is 3.13. The van der Waals surface area contributed by atoms with Crippen LogP contribution in [0.15, 0.2) is 5.16 Å². The zero-order chi connectivity index (χ0) is 10.3. The van der Waals surface area contributed by atoms with Crippen molar-refractivity contribution >= 4 is 17.6 Å². The van der Waals surface area contributed by atoms with Crippen molar-refractivity contribution in [2.45, 2.75) is 0 Å². The molecule has 0 aliphatic heterocycles.